The molecule has 0 aliphatic rings. The van der Waals surface area contributed by atoms with Gasteiger partial charge in [-0.15, -0.1) is 0 Å². The van der Waals surface area contributed by atoms with Crippen LogP contribution in [0.3, 0.4) is 0 Å². The lowest BCUT2D eigenvalue weighted by atomic mass is 10.2. The maximum atomic E-state index is 13.2. The largest absolute Gasteiger partial charge is 0.346 e. The van der Waals surface area contributed by atoms with Crippen LogP contribution in [0.5, 0.6) is 0 Å². The third-order valence-corrected chi connectivity index (χ3v) is 4.38. The fourth-order valence-electron chi connectivity index (χ4n) is 2.86. The molecule has 0 unspecified atom stereocenters. The highest BCUT2D eigenvalue weighted by molar-refractivity contribution is 6.31. The van der Waals surface area contributed by atoms with Gasteiger partial charge >= 0.3 is 5.69 Å². The van der Waals surface area contributed by atoms with Gasteiger partial charge in [0, 0.05) is 23.7 Å². The number of aromatic amines is 1. The molecule has 1 N–H and O–H groups in total. The van der Waals surface area contributed by atoms with Crippen LogP contribution in [0.15, 0.2) is 41.5 Å². The van der Waals surface area contributed by atoms with Crippen molar-refractivity contribution < 1.29 is 4.39 Å². The summed E-state index contributed by atoms with van der Waals surface area (Å²) in [4.78, 5) is 20.0. The van der Waals surface area contributed by atoms with Crippen LogP contribution >= 0.6 is 11.6 Å². The van der Waals surface area contributed by atoms with Crippen molar-refractivity contribution in [3.8, 4) is 0 Å². The molecule has 5 nitrogen and oxygen atoms in total. The first kappa shape index (κ1) is 14.0. The van der Waals surface area contributed by atoms with Crippen molar-refractivity contribution in [1.29, 1.82) is 0 Å². The second kappa shape index (κ2) is 4.96. The predicted octanol–water partition coefficient (Wildman–Crippen LogP) is 3.06. The van der Waals surface area contributed by atoms with E-state index < -0.39 is 5.82 Å². The molecule has 0 saturated carbocycles. The maximum Gasteiger partial charge on any atom is 0.329 e. The van der Waals surface area contributed by atoms with Crippen molar-refractivity contribution in [3.63, 3.8) is 0 Å². The molecule has 23 heavy (non-hydrogen) atoms. The molecule has 0 aliphatic heterocycles. The smallest absolute Gasteiger partial charge is 0.329 e. The first-order chi connectivity index (χ1) is 11.1. The van der Waals surface area contributed by atoms with Gasteiger partial charge in [-0.25, -0.2) is 14.2 Å². The first-order valence-corrected chi connectivity index (χ1v) is 7.39. The van der Waals surface area contributed by atoms with Crippen LogP contribution in [-0.4, -0.2) is 19.1 Å². The number of hydrogen-bond donors (Lipinski definition) is 1. The fraction of sp³-hybridized carbons (Fsp3) is 0.125. The molecule has 3 aromatic heterocycles. The SMILES string of the molecule is Cn1c(=O)n(Cc2ccc(F)cc2Cl)c2c3cc[nH]c3ncc21. The number of rotatable bonds is 2. The number of aromatic nitrogens is 4. The Balaban J connectivity index is 2.00. The van der Waals surface area contributed by atoms with E-state index in [0.717, 1.165) is 16.4 Å². The molecule has 0 fully saturated rings. The quantitative estimate of drug-likeness (QED) is 0.614. The van der Waals surface area contributed by atoms with Crippen LogP contribution in [-0.2, 0) is 13.6 Å². The number of pyridine rings is 1. The van der Waals surface area contributed by atoms with Crippen molar-refractivity contribution in [1.82, 2.24) is 19.1 Å². The van der Waals surface area contributed by atoms with E-state index in [0.29, 0.717) is 16.2 Å². The molecule has 0 amide bonds. The molecule has 7 heteroatoms. The second-order valence-corrected chi connectivity index (χ2v) is 5.80. The molecule has 0 saturated heterocycles. The zero-order valence-electron chi connectivity index (χ0n) is 12.2. The predicted molar refractivity (Wildman–Crippen MR) is 87.3 cm³/mol. The highest BCUT2D eigenvalue weighted by Gasteiger charge is 2.16. The highest BCUT2D eigenvalue weighted by Crippen LogP contribution is 2.24. The normalized spacial score (nSPS) is 11.6. The van der Waals surface area contributed by atoms with Crippen LogP contribution in [0.1, 0.15) is 5.56 Å². The number of nitrogens with one attached hydrogen (secondary N) is 1. The van der Waals surface area contributed by atoms with E-state index in [1.165, 1.54) is 12.1 Å². The molecule has 0 bridgehead atoms. The van der Waals surface area contributed by atoms with Gasteiger partial charge in [0.1, 0.15) is 11.5 Å². The summed E-state index contributed by atoms with van der Waals surface area (Å²) in [5, 5.41) is 1.16. The molecule has 1 aromatic carbocycles. The third kappa shape index (κ3) is 2.06. The Bertz CT molecular complexity index is 1110. The summed E-state index contributed by atoms with van der Waals surface area (Å²) in [6, 6.07) is 6.07. The molecule has 0 atom stereocenters. The summed E-state index contributed by atoms with van der Waals surface area (Å²) in [6.45, 7) is 0.263. The Kier molecular flexibility index (Phi) is 3.02. The number of benzene rings is 1. The summed E-state index contributed by atoms with van der Waals surface area (Å²) in [5.41, 5.74) is 2.74. The highest BCUT2D eigenvalue weighted by atomic mass is 35.5. The summed E-state index contributed by atoms with van der Waals surface area (Å²) in [6.07, 6.45) is 3.45. The van der Waals surface area contributed by atoms with Gasteiger partial charge in [-0.2, -0.15) is 0 Å². The summed E-state index contributed by atoms with van der Waals surface area (Å²) in [7, 11) is 1.70. The zero-order valence-corrected chi connectivity index (χ0v) is 12.9. The number of nitrogens with zero attached hydrogens (tertiary/aromatic N) is 3. The van der Waals surface area contributed by atoms with Crippen molar-refractivity contribution in [2.45, 2.75) is 6.54 Å². The Morgan fingerprint density at radius 3 is 2.96 bits per heavy atom. The van der Waals surface area contributed by atoms with Crippen LogP contribution in [0.4, 0.5) is 4.39 Å². The van der Waals surface area contributed by atoms with Gasteiger partial charge in [-0.3, -0.25) is 9.13 Å². The van der Waals surface area contributed by atoms with Gasteiger partial charge in [0.2, 0.25) is 0 Å². The van der Waals surface area contributed by atoms with Crippen LogP contribution in [0, 0.1) is 5.82 Å². The van der Waals surface area contributed by atoms with E-state index in [4.69, 9.17) is 11.6 Å². The van der Waals surface area contributed by atoms with E-state index >= 15 is 0 Å². The molecule has 3 heterocycles. The van der Waals surface area contributed by atoms with Gasteiger partial charge in [-0.05, 0) is 23.8 Å². The van der Waals surface area contributed by atoms with E-state index in [-0.39, 0.29) is 12.2 Å². The number of H-pyrrole nitrogens is 1. The van der Waals surface area contributed by atoms with Crippen molar-refractivity contribution in [3.05, 3.63) is 63.5 Å². The minimum Gasteiger partial charge on any atom is -0.346 e. The molecule has 116 valence electrons. The van der Waals surface area contributed by atoms with E-state index in [2.05, 4.69) is 9.97 Å². The lowest BCUT2D eigenvalue weighted by Gasteiger charge is -2.06. The molecule has 4 aromatic rings. The average molecular weight is 331 g/mol. The monoisotopic (exact) mass is 330 g/mol. The van der Waals surface area contributed by atoms with E-state index in [1.54, 1.807) is 34.6 Å². The molecular weight excluding hydrogens is 319 g/mol. The molecule has 0 radical (unpaired) electrons. The van der Waals surface area contributed by atoms with Gasteiger partial charge in [-0.1, -0.05) is 17.7 Å². The number of hydrogen-bond acceptors (Lipinski definition) is 2. The van der Waals surface area contributed by atoms with Crippen molar-refractivity contribution in [2.75, 3.05) is 0 Å². The Hall–Kier alpha value is -2.60. The lowest BCUT2D eigenvalue weighted by molar-refractivity contribution is 0.626. The second-order valence-electron chi connectivity index (χ2n) is 5.40. The number of aryl methyl sites for hydroxylation is 1. The summed E-state index contributed by atoms with van der Waals surface area (Å²) >= 11 is 6.11. The number of halogens is 2. The standard InChI is InChI=1S/C16H12ClFN4O/c1-21-13-7-20-15-11(4-5-19-15)14(13)22(16(21)23)8-9-2-3-10(18)6-12(9)17/h2-7H,8H2,1H3,(H,19,20). The van der Waals surface area contributed by atoms with E-state index in [9.17, 15) is 9.18 Å². The number of fused-ring (bicyclic) bond motifs is 3. The molecule has 0 spiro atoms. The summed E-state index contributed by atoms with van der Waals surface area (Å²) in [5.74, 6) is -0.402. The maximum absolute atomic E-state index is 13.2. The Labute approximate surface area is 134 Å². The van der Waals surface area contributed by atoms with Crippen LogP contribution in [0.25, 0.3) is 22.1 Å². The topological polar surface area (TPSA) is 55.6 Å². The minimum atomic E-state index is -0.402. The molecule has 4 rings (SSSR count). The van der Waals surface area contributed by atoms with Gasteiger partial charge in [0.05, 0.1) is 23.8 Å². The lowest BCUT2D eigenvalue weighted by Crippen LogP contribution is -2.22. The first-order valence-electron chi connectivity index (χ1n) is 7.01. The van der Waals surface area contributed by atoms with Crippen LogP contribution < -0.4 is 5.69 Å². The van der Waals surface area contributed by atoms with Gasteiger partial charge < -0.3 is 4.98 Å². The molecular formula is C16H12ClFN4O. The zero-order chi connectivity index (χ0) is 16.1. The minimum absolute atomic E-state index is 0.170. The summed E-state index contributed by atoms with van der Waals surface area (Å²) < 4.78 is 16.4. The van der Waals surface area contributed by atoms with Gasteiger partial charge in [0.15, 0.2) is 0 Å². The van der Waals surface area contributed by atoms with Gasteiger partial charge in [0.25, 0.3) is 0 Å². The Morgan fingerprint density at radius 2 is 2.17 bits per heavy atom. The fourth-order valence-corrected chi connectivity index (χ4v) is 3.09. The van der Waals surface area contributed by atoms with Crippen LogP contribution in [0.2, 0.25) is 5.02 Å². The number of imidazole rings is 1. The average Bonchev–Trinajstić information content (AvgIpc) is 3.08. The van der Waals surface area contributed by atoms with Crippen molar-refractivity contribution >= 4 is 33.7 Å². The Morgan fingerprint density at radius 1 is 1.35 bits per heavy atom. The molecule has 0 aliphatic carbocycles. The van der Waals surface area contributed by atoms with Crippen molar-refractivity contribution in [2.24, 2.45) is 7.05 Å². The third-order valence-electron chi connectivity index (χ3n) is 4.03. The van der Waals surface area contributed by atoms with E-state index in [1.807, 2.05) is 6.07 Å².